The Kier molecular flexibility index (Phi) is 3.49. The molecule has 0 bridgehead atoms. The van der Waals surface area contributed by atoms with Crippen molar-refractivity contribution in [3.63, 3.8) is 0 Å². The smallest absolute Gasteiger partial charge is 0.228 e. The first-order chi connectivity index (χ1) is 9.66. The van der Waals surface area contributed by atoms with E-state index in [1.165, 1.54) is 11.3 Å². The van der Waals surface area contributed by atoms with Crippen molar-refractivity contribution in [2.75, 3.05) is 36.1 Å². The van der Waals surface area contributed by atoms with Crippen LogP contribution in [0.25, 0.3) is 0 Å². The summed E-state index contributed by atoms with van der Waals surface area (Å²) in [6, 6.07) is 6.39. The van der Waals surface area contributed by atoms with Crippen molar-refractivity contribution in [2.45, 2.75) is 20.3 Å². The number of nitrogens with zero attached hydrogens (tertiary/aromatic N) is 2. The van der Waals surface area contributed by atoms with Gasteiger partial charge in [-0.15, -0.1) is 0 Å². The molecular formula is C16H20N2O2. The Labute approximate surface area is 119 Å². The molecule has 1 saturated heterocycles. The molecule has 0 N–H and O–H groups in total. The van der Waals surface area contributed by atoms with Crippen molar-refractivity contribution >= 4 is 17.3 Å². The Bertz CT molecular complexity index is 560. The maximum Gasteiger partial charge on any atom is 0.228 e. The van der Waals surface area contributed by atoms with Gasteiger partial charge < -0.3 is 9.64 Å². The van der Waals surface area contributed by atoms with Gasteiger partial charge >= 0.3 is 0 Å². The van der Waals surface area contributed by atoms with E-state index in [9.17, 15) is 4.79 Å². The monoisotopic (exact) mass is 272 g/mol. The van der Waals surface area contributed by atoms with Crippen molar-refractivity contribution in [2.24, 2.45) is 0 Å². The van der Waals surface area contributed by atoms with Gasteiger partial charge in [-0.2, -0.15) is 0 Å². The van der Waals surface area contributed by atoms with Gasteiger partial charge in [0, 0.05) is 31.4 Å². The second-order valence-electron chi connectivity index (χ2n) is 5.32. The topological polar surface area (TPSA) is 32.8 Å². The first-order valence-electron chi connectivity index (χ1n) is 7.10. The van der Waals surface area contributed by atoms with E-state index in [4.69, 9.17) is 4.74 Å². The lowest BCUT2D eigenvalue weighted by Gasteiger charge is -2.32. The second-order valence-corrected chi connectivity index (χ2v) is 5.32. The molecule has 1 fully saturated rings. The van der Waals surface area contributed by atoms with Gasteiger partial charge in [0.2, 0.25) is 5.91 Å². The highest BCUT2D eigenvalue weighted by atomic mass is 16.5. The highest BCUT2D eigenvalue weighted by molar-refractivity contribution is 5.96. The lowest BCUT2D eigenvalue weighted by Crippen LogP contribution is -2.36. The summed E-state index contributed by atoms with van der Waals surface area (Å²) < 4.78 is 5.39. The molecule has 2 aliphatic heterocycles. The van der Waals surface area contributed by atoms with Crippen LogP contribution in [0.15, 0.2) is 30.0 Å². The van der Waals surface area contributed by atoms with Crippen molar-refractivity contribution in [3.05, 3.63) is 35.5 Å². The summed E-state index contributed by atoms with van der Waals surface area (Å²) >= 11 is 0. The summed E-state index contributed by atoms with van der Waals surface area (Å²) in [5, 5.41) is 0. The van der Waals surface area contributed by atoms with Crippen molar-refractivity contribution in [1.82, 2.24) is 0 Å². The summed E-state index contributed by atoms with van der Waals surface area (Å²) in [7, 11) is 0. The number of amides is 1. The fraction of sp³-hybridized carbons (Fsp3) is 0.438. The van der Waals surface area contributed by atoms with Gasteiger partial charge in [0.15, 0.2) is 0 Å². The molecule has 2 heterocycles. The average molecular weight is 272 g/mol. The van der Waals surface area contributed by atoms with Crippen LogP contribution in [0.5, 0.6) is 0 Å². The molecule has 4 nitrogen and oxygen atoms in total. The Morgan fingerprint density at radius 3 is 2.70 bits per heavy atom. The zero-order valence-corrected chi connectivity index (χ0v) is 12.1. The van der Waals surface area contributed by atoms with Crippen LogP contribution in [0.1, 0.15) is 19.4 Å². The molecule has 0 aliphatic carbocycles. The largest absolute Gasteiger partial charge is 0.378 e. The van der Waals surface area contributed by atoms with Gasteiger partial charge in [-0.1, -0.05) is 6.08 Å². The van der Waals surface area contributed by atoms with E-state index in [1.54, 1.807) is 11.8 Å². The minimum atomic E-state index is 0.0684. The standard InChI is InChI=1S/C16H20N2O2/c1-12-3-4-14-11-15(17-7-9-20-10-8-17)5-6-16(14)18(12)13(2)19/h3,5-6,11H,4,7-10H2,1-2H3. The minimum Gasteiger partial charge on any atom is -0.378 e. The van der Waals surface area contributed by atoms with Crippen molar-refractivity contribution in [3.8, 4) is 0 Å². The molecule has 3 rings (SSSR count). The fourth-order valence-electron chi connectivity index (χ4n) is 2.93. The predicted molar refractivity (Wildman–Crippen MR) is 80.1 cm³/mol. The van der Waals surface area contributed by atoms with Gasteiger partial charge in [-0.3, -0.25) is 9.69 Å². The van der Waals surface area contributed by atoms with Crippen LogP contribution in [-0.4, -0.2) is 32.2 Å². The second kappa shape index (κ2) is 5.29. The van der Waals surface area contributed by atoms with Gasteiger partial charge in [-0.05, 0) is 37.1 Å². The summed E-state index contributed by atoms with van der Waals surface area (Å²) in [5.41, 5.74) is 4.48. The SMILES string of the molecule is CC(=O)N1C(C)=CCc2cc(N3CCOCC3)ccc21. The third kappa shape index (κ3) is 2.31. The highest BCUT2D eigenvalue weighted by Crippen LogP contribution is 2.33. The van der Waals surface area contributed by atoms with Crippen LogP contribution >= 0.6 is 0 Å². The van der Waals surface area contributed by atoms with Gasteiger partial charge in [0.05, 0.1) is 18.9 Å². The lowest BCUT2D eigenvalue weighted by atomic mass is 10.0. The molecular weight excluding hydrogens is 252 g/mol. The number of hydrogen-bond donors (Lipinski definition) is 0. The van der Waals surface area contributed by atoms with Gasteiger partial charge in [0.1, 0.15) is 0 Å². The summed E-state index contributed by atoms with van der Waals surface area (Å²) in [5.74, 6) is 0.0684. The molecule has 20 heavy (non-hydrogen) atoms. The van der Waals surface area contributed by atoms with E-state index < -0.39 is 0 Å². The Balaban J connectivity index is 1.93. The van der Waals surface area contributed by atoms with Crippen molar-refractivity contribution in [1.29, 1.82) is 0 Å². The number of benzene rings is 1. The van der Waals surface area contributed by atoms with Gasteiger partial charge in [0.25, 0.3) is 0 Å². The van der Waals surface area contributed by atoms with Crippen LogP contribution in [0.3, 0.4) is 0 Å². The number of carbonyl (C=O) groups is 1. The molecule has 1 aromatic carbocycles. The number of allylic oxidation sites excluding steroid dienone is 2. The zero-order chi connectivity index (χ0) is 14.1. The Morgan fingerprint density at radius 2 is 2.00 bits per heavy atom. The predicted octanol–water partition coefficient (Wildman–Crippen LogP) is 2.34. The molecule has 0 aromatic heterocycles. The number of ether oxygens (including phenoxy) is 1. The van der Waals surface area contributed by atoms with E-state index in [2.05, 4.69) is 29.2 Å². The first kappa shape index (κ1) is 13.2. The quantitative estimate of drug-likeness (QED) is 0.786. The fourth-order valence-corrected chi connectivity index (χ4v) is 2.93. The molecule has 106 valence electrons. The summed E-state index contributed by atoms with van der Waals surface area (Å²) in [6.45, 7) is 7.04. The van der Waals surface area contributed by atoms with Gasteiger partial charge in [-0.25, -0.2) is 0 Å². The molecule has 4 heteroatoms. The summed E-state index contributed by atoms with van der Waals surface area (Å²) in [6.07, 6.45) is 3.01. The number of fused-ring (bicyclic) bond motifs is 1. The van der Waals surface area contributed by atoms with E-state index in [0.717, 1.165) is 44.1 Å². The number of carbonyl (C=O) groups excluding carboxylic acids is 1. The average Bonchev–Trinajstić information content (AvgIpc) is 2.47. The normalized spacial score (nSPS) is 18.6. The molecule has 2 aliphatic rings. The molecule has 0 unspecified atom stereocenters. The van der Waals surface area contributed by atoms with Crippen molar-refractivity contribution < 1.29 is 9.53 Å². The molecule has 1 amide bonds. The molecule has 0 saturated carbocycles. The van der Waals surface area contributed by atoms with Crippen LogP contribution < -0.4 is 9.80 Å². The van der Waals surface area contributed by atoms with E-state index in [-0.39, 0.29) is 5.91 Å². The highest BCUT2D eigenvalue weighted by Gasteiger charge is 2.22. The number of hydrogen-bond acceptors (Lipinski definition) is 3. The van der Waals surface area contributed by atoms with E-state index >= 15 is 0 Å². The molecule has 1 aromatic rings. The zero-order valence-electron chi connectivity index (χ0n) is 12.1. The maximum absolute atomic E-state index is 11.8. The molecule has 0 radical (unpaired) electrons. The molecule has 0 spiro atoms. The third-order valence-electron chi connectivity index (χ3n) is 3.97. The van der Waals surface area contributed by atoms with Crippen LogP contribution in [-0.2, 0) is 16.0 Å². The Hall–Kier alpha value is -1.81. The first-order valence-corrected chi connectivity index (χ1v) is 7.10. The maximum atomic E-state index is 11.8. The summed E-state index contributed by atoms with van der Waals surface area (Å²) in [4.78, 5) is 16.0. The third-order valence-corrected chi connectivity index (χ3v) is 3.97. The van der Waals surface area contributed by atoms with Crippen LogP contribution in [0, 0.1) is 0 Å². The van der Waals surface area contributed by atoms with E-state index in [1.807, 2.05) is 6.92 Å². The van der Waals surface area contributed by atoms with Crippen LogP contribution in [0.4, 0.5) is 11.4 Å². The minimum absolute atomic E-state index is 0.0684. The lowest BCUT2D eigenvalue weighted by molar-refractivity contribution is -0.116. The number of morpholine rings is 1. The number of rotatable bonds is 1. The molecule has 0 atom stereocenters. The number of anilines is 2. The van der Waals surface area contributed by atoms with E-state index in [0.29, 0.717) is 0 Å². The van der Waals surface area contributed by atoms with Crippen LogP contribution in [0.2, 0.25) is 0 Å². The Morgan fingerprint density at radius 1 is 1.25 bits per heavy atom.